The molecule has 1 atom stereocenters. The molecule has 2 N–H and O–H groups in total. The highest BCUT2D eigenvalue weighted by atomic mass is 32.1. The third kappa shape index (κ3) is 6.74. The number of rotatable bonds is 7. The molecule has 1 fully saturated rings. The first-order valence-electron chi connectivity index (χ1n) is 8.26. The maximum Gasteiger partial charge on any atom is 0.308 e. The second-order valence-electron chi connectivity index (χ2n) is 5.56. The van der Waals surface area contributed by atoms with Gasteiger partial charge in [0.05, 0.1) is 13.0 Å². The summed E-state index contributed by atoms with van der Waals surface area (Å²) in [5, 5.41) is 7.27. The van der Waals surface area contributed by atoms with Crippen LogP contribution in [-0.2, 0) is 23.9 Å². The number of thiocarbonyl (C=S) groups is 1. The van der Waals surface area contributed by atoms with E-state index in [4.69, 9.17) is 21.7 Å². The van der Waals surface area contributed by atoms with Crippen LogP contribution in [0.15, 0.2) is 23.6 Å². The van der Waals surface area contributed by atoms with Gasteiger partial charge >= 0.3 is 5.97 Å². The number of carbonyl (C=O) groups excluding carboxylic acids is 3. The van der Waals surface area contributed by atoms with E-state index in [1.807, 2.05) is 17.5 Å². The summed E-state index contributed by atoms with van der Waals surface area (Å²) in [6, 6.07) is 2.94. The van der Waals surface area contributed by atoms with Crippen molar-refractivity contribution in [2.24, 2.45) is 0 Å². The molecular formula is C17H21N3O5S2. The molecule has 0 saturated carbocycles. The second kappa shape index (κ2) is 10.8. The van der Waals surface area contributed by atoms with E-state index in [1.165, 1.54) is 29.4 Å². The topological polar surface area (TPSA) is 97.0 Å². The van der Waals surface area contributed by atoms with E-state index in [-0.39, 0.29) is 30.7 Å². The van der Waals surface area contributed by atoms with Gasteiger partial charge in [-0.25, -0.2) is 0 Å². The summed E-state index contributed by atoms with van der Waals surface area (Å²) in [4.78, 5) is 38.6. The summed E-state index contributed by atoms with van der Waals surface area (Å²) in [6.45, 7) is 1.14. The van der Waals surface area contributed by atoms with Gasteiger partial charge in [0.25, 0.3) is 0 Å². The molecule has 0 aromatic carbocycles. The Labute approximate surface area is 166 Å². The smallest absolute Gasteiger partial charge is 0.308 e. The summed E-state index contributed by atoms with van der Waals surface area (Å²) in [5.41, 5.74) is 0. The maximum atomic E-state index is 12.2. The van der Waals surface area contributed by atoms with E-state index >= 15 is 0 Å². The Balaban J connectivity index is 1.93. The lowest BCUT2D eigenvalue weighted by Crippen LogP contribution is -2.60. The van der Waals surface area contributed by atoms with Gasteiger partial charge < -0.3 is 19.7 Å². The summed E-state index contributed by atoms with van der Waals surface area (Å²) in [7, 11) is 1.50. The third-order valence-electron chi connectivity index (χ3n) is 3.67. The van der Waals surface area contributed by atoms with Gasteiger partial charge in [-0.05, 0) is 29.7 Å². The monoisotopic (exact) mass is 411 g/mol. The summed E-state index contributed by atoms with van der Waals surface area (Å²) >= 11 is 6.77. The third-order valence-corrected chi connectivity index (χ3v) is 4.85. The molecule has 146 valence electrons. The van der Waals surface area contributed by atoms with Gasteiger partial charge in [0, 0.05) is 31.2 Å². The Hall–Kier alpha value is -2.30. The normalized spacial score (nSPS) is 16.9. The van der Waals surface area contributed by atoms with Crippen LogP contribution in [0.3, 0.4) is 0 Å². The van der Waals surface area contributed by atoms with Crippen LogP contribution in [0.4, 0.5) is 0 Å². The highest BCUT2D eigenvalue weighted by Gasteiger charge is 2.34. The van der Waals surface area contributed by atoms with Crippen molar-refractivity contribution in [2.75, 3.05) is 33.4 Å². The van der Waals surface area contributed by atoms with Crippen molar-refractivity contribution in [3.8, 4) is 0 Å². The standard InChI is InChI=1S/C17H21N3O5S2/c1-24-8-9-25-15(22)11-13-16(23)18-6-7-20(13)17(26)19-14(21)5-4-12-3-2-10-27-12/h2-5,10,13H,6-9,11H2,1H3,(H,18,23)(H,19,21,26)/b5-4+. The molecule has 1 aliphatic heterocycles. The summed E-state index contributed by atoms with van der Waals surface area (Å²) in [6.07, 6.45) is 2.88. The molecule has 0 aliphatic carbocycles. The number of thiophene rings is 1. The van der Waals surface area contributed by atoms with E-state index in [9.17, 15) is 14.4 Å². The van der Waals surface area contributed by atoms with Crippen molar-refractivity contribution < 1.29 is 23.9 Å². The van der Waals surface area contributed by atoms with Crippen LogP contribution in [0.2, 0.25) is 0 Å². The fourth-order valence-electron chi connectivity index (χ4n) is 2.38. The molecule has 0 bridgehead atoms. The van der Waals surface area contributed by atoms with Crippen molar-refractivity contribution in [2.45, 2.75) is 12.5 Å². The Bertz CT molecular complexity index is 705. The maximum absolute atomic E-state index is 12.2. The van der Waals surface area contributed by atoms with E-state index < -0.39 is 17.9 Å². The number of methoxy groups -OCH3 is 1. The molecule has 0 radical (unpaired) electrons. The molecule has 2 heterocycles. The number of amides is 2. The van der Waals surface area contributed by atoms with Crippen LogP contribution in [0.25, 0.3) is 6.08 Å². The first-order chi connectivity index (χ1) is 13.0. The number of nitrogens with zero attached hydrogens (tertiary/aromatic N) is 1. The Morgan fingerprint density at radius 1 is 1.48 bits per heavy atom. The largest absolute Gasteiger partial charge is 0.463 e. The molecule has 1 saturated heterocycles. The van der Waals surface area contributed by atoms with Gasteiger partial charge in [-0.3, -0.25) is 19.7 Å². The van der Waals surface area contributed by atoms with E-state index in [2.05, 4.69) is 10.6 Å². The molecule has 1 unspecified atom stereocenters. The lowest BCUT2D eigenvalue weighted by Gasteiger charge is -2.36. The number of carbonyl (C=O) groups is 3. The number of hydrogen-bond acceptors (Lipinski definition) is 7. The molecule has 8 nitrogen and oxygen atoms in total. The lowest BCUT2D eigenvalue weighted by molar-refractivity contribution is -0.148. The minimum Gasteiger partial charge on any atom is -0.463 e. The molecular weight excluding hydrogens is 390 g/mol. The highest BCUT2D eigenvalue weighted by molar-refractivity contribution is 7.80. The van der Waals surface area contributed by atoms with Crippen LogP contribution in [0.5, 0.6) is 0 Å². The van der Waals surface area contributed by atoms with E-state index in [1.54, 1.807) is 6.08 Å². The SMILES string of the molecule is COCCOC(=O)CC1C(=O)NCCN1C(=S)NC(=O)/C=C/c1cccs1. The highest BCUT2D eigenvalue weighted by Crippen LogP contribution is 2.12. The number of esters is 1. The van der Waals surface area contributed by atoms with Crippen LogP contribution in [0, 0.1) is 0 Å². The first kappa shape index (κ1) is 21.0. The minimum atomic E-state index is -0.831. The molecule has 2 rings (SSSR count). The van der Waals surface area contributed by atoms with Crippen molar-refractivity contribution in [1.29, 1.82) is 0 Å². The molecule has 1 aromatic rings. The van der Waals surface area contributed by atoms with Crippen molar-refractivity contribution in [3.63, 3.8) is 0 Å². The first-order valence-corrected chi connectivity index (χ1v) is 9.55. The molecule has 10 heteroatoms. The molecule has 1 aromatic heterocycles. The number of nitrogens with one attached hydrogen (secondary N) is 2. The predicted octanol–water partition coefficient (Wildman–Crippen LogP) is 0.542. The summed E-state index contributed by atoms with van der Waals surface area (Å²) < 4.78 is 9.83. The van der Waals surface area contributed by atoms with Gasteiger partial charge in [0.2, 0.25) is 11.8 Å². The molecule has 1 aliphatic rings. The lowest BCUT2D eigenvalue weighted by atomic mass is 10.1. The van der Waals surface area contributed by atoms with E-state index in [0.717, 1.165) is 4.88 Å². The van der Waals surface area contributed by atoms with Crippen LogP contribution in [0.1, 0.15) is 11.3 Å². The van der Waals surface area contributed by atoms with Gasteiger partial charge in [-0.15, -0.1) is 11.3 Å². The van der Waals surface area contributed by atoms with Gasteiger partial charge in [-0.1, -0.05) is 6.07 Å². The predicted molar refractivity (Wildman–Crippen MR) is 105 cm³/mol. The quantitative estimate of drug-likeness (QED) is 0.293. The average Bonchev–Trinajstić information content (AvgIpc) is 3.15. The molecule has 2 amide bonds. The second-order valence-corrected chi connectivity index (χ2v) is 6.93. The van der Waals surface area contributed by atoms with Crippen molar-refractivity contribution in [1.82, 2.24) is 15.5 Å². The fraction of sp³-hybridized carbons (Fsp3) is 0.412. The zero-order valence-corrected chi connectivity index (χ0v) is 16.4. The van der Waals surface area contributed by atoms with E-state index in [0.29, 0.717) is 13.1 Å². The van der Waals surface area contributed by atoms with Crippen molar-refractivity contribution >= 4 is 52.5 Å². The number of hydrogen-bond donors (Lipinski definition) is 2. The Kier molecular flexibility index (Phi) is 8.37. The zero-order chi connectivity index (χ0) is 19.6. The minimum absolute atomic E-state index is 0.0976. The van der Waals surface area contributed by atoms with Gasteiger partial charge in [0.1, 0.15) is 12.6 Å². The number of piperazine rings is 1. The van der Waals surface area contributed by atoms with Crippen molar-refractivity contribution in [3.05, 3.63) is 28.5 Å². The van der Waals surface area contributed by atoms with Gasteiger partial charge in [-0.2, -0.15) is 0 Å². The number of ether oxygens (including phenoxy) is 2. The Morgan fingerprint density at radius 3 is 3.00 bits per heavy atom. The average molecular weight is 412 g/mol. The summed E-state index contributed by atoms with van der Waals surface area (Å²) in [5.74, 6) is -1.28. The van der Waals surface area contributed by atoms with Crippen LogP contribution >= 0.6 is 23.6 Å². The molecule has 27 heavy (non-hydrogen) atoms. The van der Waals surface area contributed by atoms with Crippen LogP contribution < -0.4 is 10.6 Å². The fourth-order valence-corrected chi connectivity index (χ4v) is 3.32. The van der Waals surface area contributed by atoms with Crippen LogP contribution in [-0.4, -0.2) is 67.3 Å². The van der Waals surface area contributed by atoms with Gasteiger partial charge in [0.15, 0.2) is 5.11 Å². The molecule has 0 spiro atoms. The Morgan fingerprint density at radius 2 is 2.30 bits per heavy atom. The zero-order valence-electron chi connectivity index (χ0n) is 14.8.